The fourth-order valence-electron chi connectivity index (χ4n) is 2.18. The first kappa shape index (κ1) is 19.3. The van der Waals surface area contributed by atoms with E-state index in [2.05, 4.69) is 0 Å². The van der Waals surface area contributed by atoms with Crippen LogP contribution in [0.1, 0.15) is 21.7 Å². The van der Waals surface area contributed by atoms with Crippen LogP contribution in [0.15, 0.2) is 0 Å². The van der Waals surface area contributed by atoms with Crippen LogP contribution in [-0.4, -0.2) is 70.6 Å². The Balaban J connectivity index is 0. The van der Waals surface area contributed by atoms with Crippen LogP contribution in [0, 0.1) is 0 Å². The number of piperazine rings is 1. The quantitative estimate of drug-likeness (QED) is 0.551. The van der Waals surface area contributed by atoms with E-state index in [1.54, 1.807) is 11.8 Å². The predicted octanol–water partition coefficient (Wildman–Crippen LogP) is -2.38. The monoisotopic (exact) mass is 300 g/mol. The molecule has 0 aromatic rings. The third-order valence-corrected chi connectivity index (χ3v) is 3.11. The van der Waals surface area contributed by atoms with E-state index >= 15 is 0 Å². The van der Waals surface area contributed by atoms with Crippen LogP contribution in [0.4, 0.5) is 4.79 Å². The Bertz CT molecular complexity index is 321. The van der Waals surface area contributed by atoms with Crippen molar-refractivity contribution in [2.45, 2.75) is 32.5 Å². The maximum absolute atomic E-state index is 11.2. The Labute approximate surface area is 156 Å². The first-order valence-corrected chi connectivity index (χ1v) is 6.09. The Hall–Kier alpha value is 0.296. The van der Waals surface area contributed by atoms with Gasteiger partial charge in [0.2, 0.25) is 6.23 Å². The number of carboxylic acids is 1. The summed E-state index contributed by atoms with van der Waals surface area (Å²) in [5.74, 6) is -1.03. The molecule has 1 aliphatic heterocycles. The molecule has 0 aliphatic carbocycles. The maximum atomic E-state index is 11.2. The molecule has 2 unspecified atom stereocenters. The molecule has 1 fully saturated rings. The maximum Gasteiger partial charge on any atom is 1.00 e. The molecule has 1 amide bonds. The van der Waals surface area contributed by atoms with Gasteiger partial charge in [-0.3, -0.25) is 4.90 Å². The Morgan fingerprint density at radius 3 is 2.42 bits per heavy atom. The molecule has 1 rings (SSSR count). The van der Waals surface area contributed by atoms with Gasteiger partial charge in [0.25, 0.3) is 0 Å². The van der Waals surface area contributed by atoms with Crippen LogP contribution >= 0.6 is 0 Å². The zero-order valence-corrected chi connectivity index (χ0v) is 14.8. The minimum absolute atomic E-state index is 0. The van der Waals surface area contributed by atoms with Crippen LogP contribution in [0.3, 0.4) is 0 Å². The van der Waals surface area contributed by atoms with Gasteiger partial charge in [0.1, 0.15) is 0 Å². The number of carbonyl (C=O) groups is 2. The zero-order valence-electron chi connectivity index (χ0n) is 12.7. The molecule has 1 saturated heterocycles. The molecular weight excluding hydrogens is 279 g/mol. The summed E-state index contributed by atoms with van der Waals surface area (Å²) in [6, 6.07) is -0.123. The van der Waals surface area contributed by atoms with E-state index in [0.29, 0.717) is 32.7 Å². The standard InChI is InChI=1S/C11H20N2O5.K.H/c1-3-8-7-12(11(16)17)5-6-13(8)9(10(14)15)18-4-2;;/h8-9H,3-7H2,1-2H3,(H,14,15)(H,16,17);;/q;+1;-1. The van der Waals surface area contributed by atoms with Gasteiger partial charge >= 0.3 is 63.4 Å². The summed E-state index contributed by atoms with van der Waals surface area (Å²) in [5.41, 5.74) is 0. The minimum atomic E-state index is -1.03. The van der Waals surface area contributed by atoms with Crippen molar-refractivity contribution in [2.75, 3.05) is 26.2 Å². The van der Waals surface area contributed by atoms with E-state index in [1.807, 2.05) is 6.92 Å². The number of hydrogen-bond acceptors (Lipinski definition) is 4. The van der Waals surface area contributed by atoms with Gasteiger partial charge in [-0.15, -0.1) is 0 Å². The van der Waals surface area contributed by atoms with Crippen molar-refractivity contribution in [2.24, 2.45) is 0 Å². The van der Waals surface area contributed by atoms with E-state index in [-0.39, 0.29) is 58.9 Å². The van der Waals surface area contributed by atoms with Crippen molar-refractivity contribution in [1.29, 1.82) is 0 Å². The number of carboxylic acid groups (broad SMARTS) is 2. The van der Waals surface area contributed by atoms with E-state index in [9.17, 15) is 9.59 Å². The van der Waals surface area contributed by atoms with E-state index in [4.69, 9.17) is 14.9 Å². The van der Waals surface area contributed by atoms with Gasteiger partial charge in [0.15, 0.2) is 0 Å². The molecule has 7 nitrogen and oxygen atoms in total. The molecule has 0 bridgehead atoms. The molecule has 1 heterocycles. The molecule has 1 aliphatic rings. The van der Waals surface area contributed by atoms with Gasteiger partial charge in [-0.1, -0.05) is 6.92 Å². The summed E-state index contributed by atoms with van der Waals surface area (Å²) < 4.78 is 5.23. The number of hydrogen-bond donors (Lipinski definition) is 2. The fraction of sp³-hybridized carbons (Fsp3) is 0.818. The molecule has 0 radical (unpaired) electrons. The predicted molar refractivity (Wildman–Crippen MR) is 64.5 cm³/mol. The molecule has 19 heavy (non-hydrogen) atoms. The van der Waals surface area contributed by atoms with Gasteiger partial charge in [-0.2, -0.15) is 0 Å². The first-order chi connectivity index (χ1) is 8.51. The van der Waals surface area contributed by atoms with Crippen molar-refractivity contribution in [3.8, 4) is 0 Å². The van der Waals surface area contributed by atoms with Crippen LogP contribution in [-0.2, 0) is 9.53 Å². The third-order valence-electron chi connectivity index (χ3n) is 3.11. The zero-order chi connectivity index (χ0) is 13.7. The number of amides is 1. The summed E-state index contributed by atoms with van der Waals surface area (Å²) in [5, 5.41) is 18.1. The molecule has 2 N–H and O–H groups in total. The fourth-order valence-corrected chi connectivity index (χ4v) is 2.18. The second-order valence-electron chi connectivity index (χ2n) is 4.17. The number of nitrogens with zero attached hydrogens (tertiary/aromatic N) is 2. The van der Waals surface area contributed by atoms with Crippen LogP contribution in [0.2, 0.25) is 0 Å². The van der Waals surface area contributed by atoms with Gasteiger partial charge in [0.05, 0.1) is 0 Å². The summed E-state index contributed by atoms with van der Waals surface area (Å²) in [4.78, 5) is 25.1. The topological polar surface area (TPSA) is 90.3 Å². The van der Waals surface area contributed by atoms with Gasteiger partial charge in [-0.05, 0) is 13.3 Å². The van der Waals surface area contributed by atoms with E-state index < -0.39 is 18.3 Å². The molecule has 8 heteroatoms. The van der Waals surface area contributed by atoms with Crippen molar-refractivity contribution >= 4 is 12.1 Å². The molecular formula is C11H21KN2O5. The average Bonchev–Trinajstić information content (AvgIpc) is 2.34. The normalized spacial score (nSPS) is 21.6. The van der Waals surface area contributed by atoms with Crippen LogP contribution in [0.5, 0.6) is 0 Å². The first-order valence-electron chi connectivity index (χ1n) is 6.09. The molecule has 0 aromatic carbocycles. The van der Waals surface area contributed by atoms with Gasteiger partial charge in [0, 0.05) is 32.3 Å². The van der Waals surface area contributed by atoms with Crippen LogP contribution < -0.4 is 51.4 Å². The molecule has 2 atom stereocenters. The van der Waals surface area contributed by atoms with Gasteiger partial charge < -0.3 is 21.3 Å². The third kappa shape index (κ3) is 5.29. The van der Waals surface area contributed by atoms with Crippen LogP contribution in [0.25, 0.3) is 0 Å². The number of aliphatic carboxylic acids is 1. The number of rotatable bonds is 5. The van der Waals surface area contributed by atoms with Crippen molar-refractivity contribution in [1.82, 2.24) is 9.80 Å². The molecule has 106 valence electrons. The Morgan fingerprint density at radius 2 is 2.00 bits per heavy atom. The summed E-state index contributed by atoms with van der Waals surface area (Å²) in [6.45, 7) is 4.97. The smallest absolute Gasteiger partial charge is 1.00 e. The Morgan fingerprint density at radius 1 is 1.37 bits per heavy atom. The Kier molecular flexibility index (Phi) is 9.42. The largest absolute Gasteiger partial charge is 1.00 e. The van der Waals surface area contributed by atoms with Gasteiger partial charge in [-0.25, -0.2) is 9.59 Å². The SMILES string of the molecule is CCOC(C(=O)O)N1CCN(C(=O)O)CC1CC.[H-].[K+]. The van der Waals surface area contributed by atoms with E-state index in [1.165, 1.54) is 4.90 Å². The van der Waals surface area contributed by atoms with Crippen molar-refractivity contribution < 1.29 is 77.4 Å². The summed E-state index contributed by atoms with van der Waals surface area (Å²) in [7, 11) is 0. The second kappa shape index (κ2) is 9.27. The molecule has 0 spiro atoms. The minimum Gasteiger partial charge on any atom is -1.00 e. The summed E-state index contributed by atoms with van der Waals surface area (Å²) in [6.07, 6.45) is -1.27. The number of ether oxygens (including phenoxy) is 1. The van der Waals surface area contributed by atoms with Crippen molar-refractivity contribution in [3.63, 3.8) is 0 Å². The van der Waals surface area contributed by atoms with Crippen molar-refractivity contribution in [3.05, 3.63) is 0 Å². The molecule has 0 saturated carbocycles. The second-order valence-corrected chi connectivity index (χ2v) is 4.17. The molecule has 0 aromatic heterocycles. The van der Waals surface area contributed by atoms with E-state index in [0.717, 1.165) is 0 Å². The average molecular weight is 300 g/mol. The summed E-state index contributed by atoms with van der Waals surface area (Å²) >= 11 is 0.